The molecule has 0 aliphatic carbocycles. The summed E-state index contributed by atoms with van der Waals surface area (Å²) in [5, 5.41) is 2.72. The van der Waals surface area contributed by atoms with E-state index >= 15 is 0 Å². The number of carbonyl (C=O) groups excluding carboxylic acids is 1. The van der Waals surface area contributed by atoms with E-state index in [0.29, 0.717) is 25.6 Å². The Bertz CT molecular complexity index is 303. The minimum atomic E-state index is -2.55. The van der Waals surface area contributed by atoms with E-state index in [1.807, 2.05) is 0 Å². The molecule has 9 heteroatoms. The maximum absolute atomic E-state index is 11.6. The zero-order chi connectivity index (χ0) is 16.3. The van der Waals surface area contributed by atoms with Crippen molar-refractivity contribution in [2.45, 2.75) is 12.5 Å². The molecule has 22 heavy (non-hydrogen) atoms. The van der Waals surface area contributed by atoms with Crippen molar-refractivity contribution < 1.29 is 27.5 Å². The van der Waals surface area contributed by atoms with Gasteiger partial charge in [0.05, 0.1) is 13.2 Å². The fraction of sp³-hybridized carbons (Fsp3) is 0.923. The maximum Gasteiger partial charge on any atom is 0.500 e. The Morgan fingerprint density at radius 2 is 1.82 bits per heavy atom. The van der Waals surface area contributed by atoms with E-state index < -0.39 is 14.9 Å². The molecule has 1 rings (SSSR count). The molecule has 0 aromatic rings. The van der Waals surface area contributed by atoms with Crippen molar-refractivity contribution in [3.8, 4) is 0 Å². The Morgan fingerprint density at radius 3 is 2.41 bits per heavy atom. The van der Waals surface area contributed by atoms with Crippen LogP contribution in [0.2, 0.25) is 6.04 Å². The second kappa shape index (κ2) is 10.9. The van der Waals surface area contributed by atoms with Crippen molar-refractivity contribution in [2.24, 2.45) is 0 Å². The molecule has 0 unspecified atom stereocenters. The number of nitrogens with one attached hydrogen (secondary N) is 1. The second-order valence-corrected chi connectivity index (χ2v) is 8.01. The molecule has 1 aliphatic heterocycles. The van der Waals surface area contributed by atoms with Gasteiger partial charge in [-0.25, -0.2) is 4.79 Å². The molecule has 1 saturated heterocycles. The number of hydrogen-bond donors (Lipinski definition) is 1. The van der Waals surface area contributed by atoms with E-state index in [2.05, 4.69) is 10.2 Å². The van der Waals surface area contributed by atoms with Crippen molar-refractivity contribution in [3.63, 3.8) is 0 Å². The smallest absolute Gasteiger partial charge is 0.448 e. The lowest BCUT2D eigenvalue weighted by Crippen LogP contribution is -2.43. The molecular formula is C13H28N2O6Si. The number of alkyl carbamates (subject to hydrolysis) is 1. The summed E-state index contributed by atoms with van der Waals surface area (Å²) in [7, 11) is 2.18. The maximum atomic E-state index is 11.6. The van der Waals surface area contributed by atoms with Gasteiger partial charge < -0.3 is 28.1 Å². The molecule has 0 saturated carbocycles. The number of amides is 1. The van der Waals surface area contributed by atoms with E-state index in [4.69, 9.17) is 22.8 Å². The number of carbonyl (C=O) groups is 1. The van der Waals surface area contributed by atoms with Crippen LogP contribution in [-0.2, 0) is 22.8 Å². The quantitative estimate of drug-likeness (QED) is 0.454. The van der Waals surface area contributed by atoms with Gasteiger partial charge >= 0.3 is 14.9 Å². The van der Waals surface area contributed by atoms with Crippen LogP contribution in [0.15, 0.2) is 0 Å². The van der Waals surface area contributed by atoms with Crippen molar-refractivity contribution in [3.05, 3.63) is 0 Å². The summed E-state index contributed by atoms with van der Waals surface area (Å²) in [5.74, 6) is 0. The number of rotatable bonds is 10. The van der Waals surface area contributed by atoms with Crippen LogP contribution in [0.4, 0.5) is 4.79 Å². The molecule has 1 heterocycles. The first kappa shape index (κ1) is 19.3. The minimum Gasteiger partial charge on any atom is -0.448 e. The number of nitrogens with zero attached hydrogens (tertiary/aromatic N) is 1. The molecule has 1 aliphatic rings. The first-order valence-corrected chi connectivity index (χ1v) is 9.45. The molecule has 0 atom stereocenters. The Kier molecular flexibility index (Phi) is 9.60. The topological polar surface area (TPSA) is 78.5 Å². The van der Waals surface area contributed by atoms with Crippen LogP contribution >= 0.6 is 0 Å². The van der Waals surface area contributed by atoms with Gasteiger partial charge in [-0.3, -0.25) is 4.90 Å². The van der Waals surface area contributed by atoms with Gasteiger partial charge in [0.1, 0.15) is 6.61 Å². The Morgan fingerprint density at radius 1 is 1.18 bits per heavy atom. The lowest BCUT2D eigenvalue weighted by molar-refractivity contribution is 0.0281. The fourth-order valence-corrected chi connectivity index (χ4v) is 3.92. The predicted molar refractivity (Wildman–Crippen MR) is 82.8 cm³/mol. The van der Waals surface area contributed by atoms with Gasteiger partial charge in [-0.2, -0.15) is 0 Å². The zero-order valence-corrected chi connectivity index (χ0v) is 14.8. The highest BCUT2D eigenvalue weighted by Gasteiger charge is 2.36. The summed E-state index contributed by atoms with van der Waals surface area (Å²) in [6, 6.07) is 0.643. The Hall–Kier alpha value is -0.713. The van der Waals surface area contributed by atoms with E-state index in [1.54, 1.807) is 21.3 Å². The van der Waals surface area contributed by atoms with Crippen LogP contribution in [0, 0.1) is 0 Å². The average Bonchev–Trinajstić information content (AvgIpc) is 2.57. The molecule has 1 N–H and O–H groups in total. The van der Waals surface area contributed by atoms with Crippen LogP contribution in [0.3, 0.4) is 0 Å². The third kappa shape index (κ3) is 7.03. The normalized spacial score (nSPS) is 16.5. The monoisotopic (exact) mass is 336 g/mol. The van der Waals surface area contributed by atoms with Gasteiger partial charge in [-0.05, 0) is 6.42 Å². The third-order valence-electron chi connectivity index (χ3n) is 3.61. The van der Waals surface area contributed by atoms with Crippen molar-refractivity contribution in [1.29, 1.82) is 0 Å². The van der Waals surface area contributed by atoms with Gasteiger partial charge in [0.2, 0.25) is 0 Å². The molecule has 8 nitrogen and oxygen atoms in total. The minimum absolute atomic E-state index is 0.388. The summed E-state index contributed by atoms with van der Waals surface area (Å²) < 4.78 is 26.3. The van der Waals surface area contributed by atoms with Gasteiger partial charge in [-0.15, -0.1) is 0 Å². The molecular weight excluding hydrogens is 308 g/mol. The SMILES string of the molecule is CO[Si](CCCNC(=O)OCCN1CCOCC1)(OC)OC. The van der Waals surface area contributed by atoms with Crippen molar-refractivity contribution in [1.82, 2.24) is 10.2 Å². The van der Waals surface area contributed by atoms with Crippen LogP contribution in [0.25, 0.3) is 0 Å². The molecule has 0 spiro atoms. The highest BCUT2D eigenvalue weighted by Crippen LogP contribution is 2.14. The number of hydrogen-bond acceptors (Lipinski definition) is 7. The van der Waals surface area contributed by atoms with Gasteiger partial charge in [-0.1, -0.05) is 0 Å². The lowest BCUT2D eigenvalue weighted by atomic mass is 10.4. The van der Waals surface area contributed by atoms with Gasteiger partial charge in [0, 0.05) is 53.6 Å². The molecule has 0 aromatic heterocycles. The number of morpholine rings is 1. The van der Waals surface area contributed by atoms with Crippen LogP contribution in [0.5, 0.6) is 0 Å². The zero-order valence-electron chi connectivity index (χ0n) is 13.8. The first-order valence-electron chi connectivity index (χ1n) is 7.52. The highest BCUT2D eigenvalue weighted by atomic mass is 28.4. The summed E-state index contributed by atoms with van der Waals surface area (Å²) in [6.45, 7) is 4.90. The van der Waals surface area contributed by atoms with Crippen LogP contribution in [-0.4, -0.2) is 87.1 Å². The second-order valence-electron chi connectivity index (χ2n) is 4.92. The fourth-order valence-electron chi connectivity index (χ4n) is 2.19. The molecule has 1 amide bonds. The lowest BCUT2D eigenvalue weighted by Gasteiger charge is -2.26. The molecule has 1 fully saturated rings. The summed E-state index contributed by atoms with van der Waals surface area (Å²) >= 11 is 0. The molecule has 0 radical (unpaired) electrons. The molecule has 0 aromatic carbocycles. The Balaban J connectivity index is 2.05. The summed E-state index contributed by atoms with van der Waals surface area (Å²) in [5.41, 5.74) is 0. The van der Waals surface area contributed by atoms with Crippen LogP contribution < -0.4 is 5.32 Å². The van der Waals surface area contributed by atoms with E-state index in [9.17, 15) is 4.79 Å². The summed E-state index contributed by atoms with van der Waals surface area (Å²) in [4.78, 5) is 13.8. The largest absolute Gasteiger partial charge is 0.500 e. The average molecular weight is 336 g/mol. The van der Waals surface area contributed by atoms with Crippen LogP contribution in [0.1, 0.15) is 6.42 Å². The predicted octanol–water partition coefficient (Wildman–Crippen LogP) is 0.313. The summed E-state index contributed by atoms with van der Waals surface area (Å²) in [6.07, 6.45) is 0.313. The highest BCUT2D eigenvalue weighted by molar-refractivity contribution is 6.60. The van der Waals surface area contributed by atoms with Gasteiger partial charge in [0.25, 0.3) is 0 Å². The van der Waals surface area contributed by atoms with E-state index in [0.717, 1.165) is 32.8 Å². The molecule has 0 bridgehead atoms. The third-order valence-corrected chi connectivity index (χ3v) is 6.44. The molecule has 130 valence electrons. The number of ether oxygens (including phenoxy) is 2. The first-order chi connectivity index (χ1) is 10.7. The van der Waals surface area contributed by atoms with Crippen molar-refractivity contribution >= 4 is 14.9 Å². The Labute approximate surface area is 133 Å². The van der Waals surface area contributed by atoms with Gasteiger partial charge in [0.15, 0.2) is 0 Å². The van der Waals surface area contributed by atoms with E-state index in [1.165, 1.54) is 0 Å². The standard InChI is InChI=1S/C13H28N2O6Si/c1-17-22(18-2,19-3)12-4-5-14-13(16)21-11-8-15-6-9-20-10-7-15/h4-12H2,1-3H3,(H,14,16). The van der Waals surface area contributed by atoms with Crippen molar-refractivity contribution in [2.75, 3.05) is 67.3 Å². The van der Waals surface area contributed by atoms with E-state index in [-0.39, 0.29) is 0 Å².